The van der Waals surface area contributed by atoms with Gasteiger partial charge in [-0.2, -0.15) is 0 Å². The molecule has 0 aromatic heterocycles. The van der Waals surface area contributed by atoms with E-state index in [1.807, 2.05) is 18.5 Å². The van der Waals surface area contributed by atoms with Crippen LogP contribution in [0.5, 0.6) is 0 Å². The van der Waals surface area contributed by atoms with E-state index in [9.17, 15) is 9.18 Å². The fourth-order valence-corrected chi connectivity index (χ4v) is 7.41. The highest BCUT2D eigenvalue weighted by Gasteiger charge is 2.53. The number of aliphatic imine (C=N–C) groups is 1. The minimum Gasteiger partial charge on any atom is -0.467 e. The van der Waals surface area contributed by atoms with E-state index in [1.54, 1.807) is 12.1 Å². The first-order valence-corrected chi connectivity index (χ1v) is 14.2. The number of nitrogens with zero attached hydrogens (tertiary/aromatic N) is 3. The standard InChI is InChI=1S/C30H46FN3O2/c1-5-19-30(29(35)36-4)27(34(21-32-30)26-9-7-6-8-10-26)20-22-11-13-23(14-12-22)28(33(2)3)24-15-17-25(31)18-16-24/h15-18,21-23,26-28H,5-14,19-20H2,1-4H3. The summed E-state index contributed by atoms with van der Waals surface area (Å²) >= 11 is 0. The highest BCUT2D eigenvalue weighted by atomic mass is 19.1. The van der Waals surface area contributed by atoms with Crippen molar-refractivity contribution < 1.29 is 13.9 Å². The topological polar surface area (TPSA) is 45.1 Å². The van der Waals surface area contributed by atoms with Crippen molar-refractivity contribution in [3.05, 3.63) is 35.6 Å². The maximum absolute atomic E-state index is 13.5. The number of carbonyl (C=O) groups excluding carboxylic acids is 1. The smallest absolute Gasteiger partial charge is 0.335 e. The number of hydrogen-bond acceptors (Lipinski definition) is 5. The molecule has 5 nitrogen and oxygen atoms in total. The molecule has 1 heterocycles. The first-order chi connectivity index (χ1) is 17.4. The Bertz CT molecular complexity index is 875. The summed E-state index contributed by atoms with van der Waals surface area (Å²) in [5.41, 5.74) is 0.433. The van der Waals surface area contributed by atoms with Crippen molar-refractivity contribution in [2.75, 3.05) is 21.2 Å². The van der Waals surface area contributed by atoms with Crippen LogP contribution in [0.4, 0.5) is 4.39 Å². The van der Waals surface area contributed by atoms with Crippen molar-refractivity contribution in [3.8, 4) is 0 Å². The summed E-state index contributed by atoms with van der Waals surface area (Å²) in [5, 5.41) is 0. The molecule has 0 radical (unpaired) electrons. The lowest BCUT2D eigenvalue weighted by Crippen LogP contribution is -2.55. The molecule has 3 unspecified atom stereocenters. The SMILES string of the molecule is CCCC1(C(=O)OC)N=CN(C2CCCCC2)C1CC1CCC(C(c2ccc(F)cc2)N(C)C)CC1. The Kier molecular flexibility index (Phi) is 9.08. The Morgan fingerprint density at radius 3 is 2.36 bits per heavy atom. The molecule has 2 fully saturated rings. The van der Waals surface area contributed by atoms with Crippen LogP contribution in [0.25, 0.3) is 0 Å². The number of carbonyl (C=O) groups is 1. The third-order valence-corrected chi connectivity index (χ3v) is 9.16. The molecule has 1 aliphatic heterocycles. The van der Waals surface area contributed by atoms with Gasteiger partial charge in [-0.3, -0.25) is 4.99 Å². The monoisotopic (exact) mass is 499 g/mol. The molecule has 1 aromatic rings. The lowest BCUT2D eigenvalue weighted by molar-refractivity contribution is -0.149. The summed E-state index contributed by atoms with van der Waals surface area (Å²) in [6.07, 6.45) is 15.5. The summed E-state index contributed by atoms with van der Waals surface area (Å²) in [6, 6.07) is 7.93. The summed E-state index contributed by atoms with van der Waals surface area (Å²) in [4.78, 5) is 22.9. The molecule has 3 aliphatic rings. The molecule has 3 atom stereocenters. The Hall–Kier alpha value is -1.95. The van der Waals surface area contributed by atoms with Crippen molar-refractivity contribution in [2.45, 2.75) is 108 Å². The lowest BCUT2D eigenvalue weighted by Gasteiger charge is -2.43. The van der Waals surface area contributed by atoms with E-state index in [1.165, 1.54) is 44.8 Å². The second-order valence-corrected chi connectivity index (χ2v) is 11.6. The molecule has 0 saturated heterocycles. The molecular weight excluding hydrogens is 453 g/mol. The van der Waals surface area contributed by atoms with Gasteiger partial charge in [0.15, 0.2) is 5.54 Å². The number of benzene rings is 1. The zero-order valence-corrected chi connectivity index (χ0v) is 22.8. The molecular formula is C30H46FN3O2. The van der Waals surface area contributed by atoms with Gasteiger partial charge in [0.05, 0.1) is 19.5 Å². The first kappa shape index (κ1) is 27.1. The van der Waals surface area contributed by atoms with Gasteiger partial charge in [-0.05, 0) is 82.2 Å². The predicted molar refractivity (Wildman–Crippen MR) is 144 cm³/mol. The molecule has 200 valence electrons. The van der Waals surface area contributed by atoms with E-state index >= 15 is 0 Å². The van der Waals surface area contributed by atoms with E-state index in [0.717, 1.165) is 44.9 Å². The quantitative estimate of drug-likeness (QED) is 0.370. The fourth-order valence-electron chi connectivity index (χ4n) is 7.41. The molecule has 2 aliphatic carbocycles. The van der Waals surface area contributed by atoms with E-state index in [-0.39, 0.29) is 17.8 Å². The molecule has 2 saturated carbocycles. The molecule has 1 aromatic carbocycles. The maximum Gasteiger partial charge on any atom is 0.335 e. The average Bonchev–Trinajstić information content (AvgIpc) is 3.25. The maximum atomic E-state index is 13.5. The number of esters is 1. The summed E-state index contributed by atoms with van der Waals surface area (Å²) in [6.45, 7) is 2.14. The zero-order chi connectivity index (χ0) is 25.7. The van der Waals surface area contributed by atoms with Gasteiger partial charge in [-0.25, -0.2) is 9.18 Å². The van der Waals surface area contributed by atoms with Gasteiger partial charge >= 0.3 is 5.97 Å². The van der Waals surface area contributed by atoms with Crippen LogP contribution in [-0.4, -0.2) is 60.9 Å². The zero-order valence-electron chi connectivity index (χ0n) is 22.8. The Balaban J connectivity index is 1.48. The van der Waals surface area contributed by atoms with Crippen LogP contribution in [0, 0.1) is 17.7 Å². The highest BCUT2D eigenvalue weighted by Crippen LogP contribution is 2.44. The fraction of sp³-hybridized carbons (Fsp3) is 0.733. The van der Waals surface area contributed by atoms with Gasteiger partial charge in [-0.15, -0.1) is 0 Å². The second kappa shape index (κ2) is 12.1. The van der Waals surface area contributed by atoms with Crippen LogP contribution < -0.4 is 0 Å². The second-order valence-electron chi connectivity index (χ2n) is 11.6. The molecule has 36 heavy (non-hydrogen) atoms. The average molecular weight is 500 g/mol. The summed E-state index contributed by atoms with van der Waals surface area (Å²) in [5.74, 6) is 0.789. The molecule has 4 rings (SSSR count). The largest absolute Gasteiger partial charge is 0.467 e. The van der Waals surface area contributed by atoms with Gasteiger partial charge in [0.25, 0.3) is 0 Å². The van der Waals surface area contributed by atoms with Gasteiger partial charge in [-0.1, -0.05) is 57.6 Å². The van der Waals surface area contributed by atoms with Gasteiger partial charge < -0.3 is 14.5 Å². The molecule has 0 N–H and O–H groups in total. The molecule has 0 amide bonds. The van der Waals surface area contributed by atoms with Gasteiger partial charge in [0, 0.05) is 12.1 Å². The normalized spacial score (nSPS) is 30.1. The number of rotatable bonds is 9. The Morgan fingerprint density at radius 1 is 1.11 bits per heavy atom. The number of halogens is 1. The van der Waals surface area contributed by atoms with Crippen molar-refractivity contribution in [3.63, 3.8) is 0 Å². The van der Waals surface area contributed by atoms with Crippen LogP contribution >= 0.6 is 0 Å². The molecule has 0 spiro atoms. The van der Waals surface area contributed by atoms with Crippen molar-refractivity contribution in [2.24, 2.45) is 16.8 Å². The van der Waals surface area contributed by atoms with Crippen molar-refractivity contribution in [1.82, 2.24) is 9.80 Å². The third-order valence-electron chi connectivity index (χ3n) is 9.16. The first-order valence-electron chi connectivity index (χ1n) is 14.2. The number of ether oxygens (including phenoxy) is 1. The number of methoxy groups -OCH3 is 1. The van der Waals surface area contributed by atoms with Crippen molar-refractivity contribution in [1.29, 1.82) is 0 Å². The van der Waals surface area contributed by atoms with Crippen LogP contribution in [0.15, 0.2) is 29.3 Å². The molecule has 0 bridgehead atoms. The van der Waals surface area contributed by atoms with E-state index < -0.39 is 5.54 Å². The number of hydrogen-bond donors (Lipinski definition) is 0. The lowest BCUT2D eigenvalue weighted by atomic mass is 9.72. The minimum absolute atomic E-state index is 0.0938. The summed E-state index contributed by atoms with van der Waals surface area (Å²) in [7, 11) is 5.78. The molecule has 6 heteroatoms. The van der Waals surface area contributed by atoms with Crippen LogP contribution in [0.2, 0.25) is 0 Å². The van der Waals surface area contributed by atoms with Crippen molar-refractivity contribution >= 4 is 12.3 Å². The Morgan fingerprint density at radius 2 is 1.78 bits per heavy atom. The predicted octanol–water partition coefficient (Wildman–Crippen LogP) is 6.38. The van der Waals surface area contributed by atoms with E-state index in [2.05, 4.69) is 30.8 Å². The van der Waals surface area contributed by atoms with Gasteiger partial charge in [0.2, 0.25) is 0 Å². The van der Waals surface area contributed by atoms with Gasteiger partial charge in [0.1, 0.15) is 5.82 Å². The Labute approximate surface area is 217 Å². The highest BCUT2D eigenvalue weighted by molar-refractivity contribution is 5.86. The van der Waals surface area contributed by atoms with Crippen LogP contribution in [-0.2, 0) is 9.53 Å². The minimum atomic E-state index is -0.766. The summed E-state index contributed by atoms with van der Waals surface area (Å²) < 4.78 is 18.9. The van der Waals surface area contributed by atoms with E-state index in [0.29, 0.717) is 23.9 Å². The van der Waals surface area contributed by atoms with E-state index in [4.69, 9.17) is 9.73 Å². The van der Waals surface area contributed by atoms with Crippen LogP contribution in [0.3, 0.4) is 0 Å². The third kappa shape index (κ3) is 5.64. The van der Waals surface area contributed by atoms with Crippen LogP contribution in [0.1, 0.15) is 95.6 Å².